The number of ketones is 3. The predicted molar refractivity (Wildman–Crippen MR) is 526 cm³/mol. The molecule has 3 saturated heterocycles. The van der Waals surface area contributed by atoms with Gasteiger partial charge < -0.3 is 105 Å². The maximum atomic E-state index is 14.3. The standard InChI is InChI=1S/C35H52N6O7.C34H58N6O7.C33H54N6O7/c1-33(2,3)23(18-48-32(47)37-20-12-10-9-11-13-20)39-31(46)40-27(34(4,5)6)30(45)41-17-21-24(35(21,7)8)25(41)29(44)38-22(16-19-14-15-19)26(42)28(36)43;1-31(2,3)21(17-47-30(46)39-33(7,8)9)37-29(45)38-25(32(4,5)6)28(44)40-16-19-22(34(19,10)11)23(40)27(43)36-20(24(41)26(35)42)15-18-13-12-14-18;1-31(2,3)21(16-46-30(45)35-14-18-11-12-18)37-29(44)38-25(32(4,5)6)28(43)39-15-19-22(33(19,7)8)23(39)27(42)36-20(13-17-9-10-17)24(40)26(34)41/h9-13,19,21-25,27H,14-18H2,1-8H3,(H2,36,43)(H,37,47)(H,38,44)(H2,39,40,46);18-23,25H,12-17H2,1-11H3,(H2,35,42)(H,36,43)(H,39,46)(H2,37,38,45);17-23,25H,9-16H2,1-8H3,(H2,34,41)(H,35,45)(H,36,42)(H2,37,38,44)/t21?,22?,23-,24?,25+,27-;2*19?,20?,21-,22?,23+,25-/m111/s1. The molecule has 0 spiro atoms. The molecule has 7 aliphatic carbocycles. The molecule has 18 amide bonds. The Morgan fingerprint density at radius 3 is 0.879 bits per heavy atom. The molecule has 39 heteroatoms. The summed E-state index contributed by atoms with van der Waals surface area (Å²) in [5.41, 5.74) is 11.7. The van der Waals surface area contributed by atoms with Crippen molar-refractivity contribution in [2.45, 2.75) is 342 Å². The Hall–Kier alpha value is -10.9. The lowest BCUT2D eigenvalue weighted by Crippen LogP contribution is -2.62. The lowest BCUT2D eigenvalue weighted by atomic mass is 9.80. The summed E-state index contributed by atoms with van der Waals surface area (Å²) in [6.45, 7) is 52.6. The second-order valence-electron chi connectivity index (χ2n) is 50.4. The molecule has 1 aromatic carbocycles. The van der Waals surface area contributed by atoms with Gasteiger partial charge in [-0.1, -0.05) is 229 Å². The summed E-state index contributed by atoms with van der Waals surface area (Å²) >= 11 is 0. The summed E-state index contributed by atoms with van der Waals surface area (Å²) in [6.07, 6.45) is 7.88. The normalized spacial score (nSPS) is 24.1. The maximum absolute atomic E-state index is 14.3. The molecule has 788 valence electrons. The molecule has 11 rings (SSSR count). The van der Waals surface area contributed by atoms with Crippen molar-refractivity contribution in [1.29, 1.82) is 0 Å². The molecule has 18 atom stereocenters. The number of para-hydroxylation sites is 1. The van der Waals surface area contributed by atoms with Crippen molar-refractivity contribution in [3.63, 3.8) is 0 Å². The maximum Gasteiger partial charge on any atom is 0.411 e. The minimum atomic E-state index is -1.11. The first-order valence-corrected chi connectivity index (χ1v) is 50.2. The van der Waals surface area contributed by atoms with Crippen LogP contribution in [-0.4, -0.2) is 246 Å². The highest BCUT2D eigenvalue weighted by molar-refractivity contribution is 6.39. The highest BCUT2D eigenvalue weighted by Gasteiger charge is 2.73. The summed E-state index contributed by atoms with van der Waals surface area (Å²) in [7, 11) is 0. The lowest BCUT2D eigenvalue weighted by Gasteiger charge is -2.39. The van der Waals surface area contributed by atoms with E-state index in [0.29, 0.717) is 57.0 Å². The van der Waals surface area contributed by atoms with Crippen LogP contribution in [-0.2, 0) is 71.7 Å². The van der Waals surface area contributed by atoms with Crippen molar-refractivity contribution < 1.29 is 101 Å². The van der Waals surface area contributed by atoms with Crippen LogP contribution in [0, 0.1) is 108 Å². The van der Waals surface area contributed by atoms with Crippen LogP contribution in [0.1, 0.15) is 264 Å². The number of benzene rings is 1. The van der Waals surface area contributed by atoms with Crippen molar-refractivity contribution in [1.82, 2.24) is 73.2 Å². The first-order valence-electron chi connectivity index (χ1n) is 50.2. The largest absolute Gasteiger partial charge is 0.447 e. The number of hydrogen-bond donors (Lipinski definition) is 15. The highest BCUT2D eigenvalue weighted by Crippen LogP contribution is 2.67. The Bertz CT molecular complexity index is 4820. The van der Waals surface area contributed by atoms with E-state index in [1.807, 2.05) is 179 Å². The summed E-state index contributed by atoms with van der Waals surface area (Å²) < 4.78 is 16.3. The summed E-state index contributed by atoms with van der Waals surface area (Å²) in [4.78, 5) is 240. The third-order valence-electron chi connectivity index (χ3n) is 30.3. The predicted octanol–water partition coefficient (Wildman–Crippen LogP) is 8.11. The van der Waals surface area contributed by atoms with Crippen LogP contribution in [0.15, 0.2) is 30.3 Å². The average molecular weight is 1980 g/mol. The number of fused-ring (bicyclic) bond motifs is 3. The summed E-state index contributed by atoms with van der Waals surface area (Å²) in [6, 6.07) is -3.54. The minimum absolute atomic E-state index is 0.0551. The molecule has 39 nitrogen and oxygen atoms in total. The number of nitrogens with zero attached hydrogens (tertiary/aromatic N) is 3. The van der Waals surface area contributed by atoms with Gasteiger partial charge in [-0.25, -0.2) is 28.8 Å². The van der Waals surface area contributed by atoms with Crippen LogP contribution >= 0.6 is 0 Å². The molecule has 18 N–H and O–H groups in total. The van der Waals surface area contributed by atoms with E-state index in [-0.39, 0.29) is 89.3 Å². The number of ether oxygens (including phenoxy) is 3. The number of Topliss-reactive ketones (excluding diaryl/α,β-unsaturated/α-hetero) is 3. The number of piperidine rings is 3. The number of likely N-dealkylation sites (tertiary alicyclic amines) is 3. The molecular formula is C102H164N18O21. The van der Waals surface area contributed by atoms with E-state index in [2.05, 4.69) is 77.6 Å². The van der Waals surface area contributed by atoms with Crippen molar-refractivity contribution in [2.75, 3.05) is 51.3 Å². The number of urea groups is 3. The van der Waals surface area contributed by atoms with Gasteiger partial charge in [0.25, 0.3) is 17.7 Å². The number of alkyl carbamates (subject to hydrolysis) is 2. The van der Waals surface area contributed by atoms with Crippen LogP contribution in [0.5, 0.6) is 0 Å². The second-order valence-corrected chi connectivity index (χ2v) is 50.4. The van der Waals surface area contributed by atoms with Crippen molar-refractivity contribution >= 4 is 113 Å². The minimum Gasteiger partial charge on any atom is -0.447 e. The summed E-state index contributed by atoms with van der Waals surface area (Å²) in [5, 5.41) is 33.6. The number of amides is 18. The Kier molecular flexibility index (Phi) is 35.2. The molecular weight excluding hydrogens is 1810 g/mol. The molecule has 3 aliphatic heterocycles. The van der Waals surface area contributed by atoms with E-state index < -0.39 is 217 Å². The number of nitrogens with two attached hydrogens (primary N) is 3. The van der Waals surface area contributed by atoms with Crippen LogP contribution in [0.4, 0.5) is 34.5 Å². The number of rotatable bonds is 36. The van der Waals surface area contributed by atoms with Gasteiger partial charge in [0.2, 0.25) is 52.8 Å². The molecule has 141 heavy (non-hydrogen) atoms. The molecule has 0 bridgehead atoms. The van der Waals surface area contributed by atoms with Gasteiger partial charge in [0.1, 0.15) is 56.1 Å². The lowest BCUT2D eigenvalue weighted by molar-refractivity contribution is -0.145. The zero-order valence-electron chi connectivity index (χ0n) is 88.2. The number of primary amides is 3. The first kappa shape index (κ1) is 114. The fraction of sp³-hybridized carbons (Fsp3) is 0.765. The SMILES string of the molecule is CC(C)(C)NC(=O)OC[C@@H](NC(=O)N[C@H](C(=O)N1CC2C([C@H]1C(=O)NC(CC1CCC1)C(=O)C(N)=O)C2(C)C)C(C)(C)C)C(C)(C)C.CC1(C)C2CN(C(=O)[C@@H](NC(=O)N[C@H](COC(=O)NCC3CC3)C(C)(C)C)C(C)(C)C)[C@H](C(=O)NC(CC3CC3)C(=O)C(N)=O)C21.CC1(C)C2CN(C(=O)[C@@H](NC(=O)N[C@H](COC(=O)Nc3ccccc3)C(C)(C)C)C(C)(C)C)[C@H](C(=O)NC(CC3CC3)C(=O)C(N)=O)C21. The zero-order valence-corrected chi connectivity index (χ0v) is 88.2. The Labute approximate surface area is 831 Å². The van der Waals surface area contributed by atoms with E-state index in [4.69, 9.17) is 31.4 Å². The Balaban J connectivity index is 0.000000236. The number of anilines is 1. The van der Waals surface area contributed by atoms with E-state index in [1.54, 1.807) is 24.3 Å². The van der Waals surface area contributed by atoms with E-state index in [0.717, 1.165) is 57.8 Å². The Morgan fingerprint density at radius 1 is 0.355 bits per heavy atom. The van der Waals surface area contributed by atoms with Crippen LogP contribution in [0.25, 0.3) is 0 Å². The van der Waals surface area contributed by atoms with Gasteiger partial charge in [-0.3, -0.25) is 62.9 Å². The smallest absolute Gasteiger partial charge is 0.411 e. The van der Waals surface area contributed by atoms with Gasteiger partial charge in [-0.2, -0.15) is 0 Å². The highest BCUT2D eigenvalue weighted by atomic mass is 16.6. The number of nitrogens with one attached hydrogen (secondary N) is 12. The molecule has 0 aromatic heterocycles. The van der Waals surface area contributed by atoms with E-state index in [1.165, 1.54) is 14.7 Å². The molecule has 1 aromatic rings. The van der Waals surface area contributed by atoms with Crippen molar-refractivity contribution in [2.24, 2.45) is 125 Å². The molecule has 0 radical (unpaired) electrons. The van der Waals surface area contributed by atoms with E-state index in [9.17, 15) is 86.3 Å². The topological polar surface area (TPSA) is 567 Å². The fourth-order valence-electron chi connectivity index (χ4n) is 19.9. The molecule has 9 unspecified atom stereocenters. The monoisotopic (exact) mass is 1980 g/mol. The fourth-order valence-corrected chi connectivity index (χ4v) is 19.9. The average Bonchev–Trinajstić information content (AvgIpc) is 1.53. The first-order chi connectivity index (χ1) is 64.8. The molecule has 3 heterocycles. The second kappa shape index (κ2) is 43.7. The third-order valence-corrected chi connectivity index (χ3v) is 30.3. The third kappa shape index (κ3) is 30.1. The number of carbonyl (C=O) groups is 18. The van der Waals surface area contributed by atoms with Gasteiger partial charge in [-0.15, -0.1) is 0 Å². The van der Waals surface area contributed by atoms with Gasteiger partial charge in [0, 0.05) is 37.4 Å². The molecule has 10 aliphatic rings. The zero-order chi connectivity index (χ0) is 106. The quantitative estimate of drug-likeness (QED) is 0.0223. The Morgan fingerprint density at radius 2 is 0.631 bits per heavy atom. The van der Waals surface area contributed by atoms with Gasteiger partial charge >= 0.3 is 36.4 Å². The number of hydrogen-bond acceptors (Lipinski definition) is 21. The van der Waals surface area contributed by atoms with Crippen molar-refractivity contribution in [3.05, 3.63) is 30.3 Å². The van der Waals surface area contributed by atoms with Crippen LogP contribution < -0.4 is 81.0 Å². The van der Waals surface area contributed by atoms with Crippen LogP contribution in [0.2, 0.25) is 0 Å². The van der Waals surface area contributed by atoms with Gasteiger partial charge in [0.05, 0.1) is 36.3 Å². The summed E-state index contributed by atoms with van der Waals surface area (Å²) in [5.74, 6) is -7.61. The van der Waals surface area contributed by atoms with E-state index >= 15 is 0 Å². The van der Waals surface area contributed by atoms with Gasteiger partial charge in [0.15, 0.2) is 0 Å². The molecule has 7 saturated carbocycles. The van der Waals surface area contributed by atoms with Crippen LogP contribution in [0.3, 0.4) is 0 Å². The van der Waals surface area contributed by atoms with Crippen molar-refractivity contribution in [3.8, 4) is 0 Å². The number of carbonyl (C=O) groups excluding carboxylic acids is 18. The van der Waals surface area contributed by atoms with Gasteiger partial charge in [-0.05, 0) is 173 Å². The molecule has 10 fully saturated rings.